The predicted octanol–water partition coefficient (Wildman–Crippen LogP) is 1.31. The lowest BCUT2D eigenvalue weighted by atomic mass is 10.1. The highest BCUT2D eigenvalue weighted by Gasteiger charge is 2.07. The minimum atomic E-state index is -0.198. The standard InChI is InChI=1S/C12H18N2O3/c1-16-17-9-10(13)7-8-12(15)14-11-5-3-2-4-6-11/h2-6,10H,7-9,13H2,1H3,(H,14,15)/t10-/m0/s1. The third-order valence-electron chi connectivity index (χ3n) is 2.20. The van der Waals surface area contributed by atoms with Gasteiger partial charge in [0.2, 0.25) is 5.91 Å². The zero-order valence-electron chi connectivity index (χ0n) is 9.89. The lowest BCUT2D eigenvalue weighted by molar-refractivity contribution is -0.274. The average Bonchev–Trinajstić information content (AvgIpc) is 2.35. The zero-order valence-corrected chi connectivity index (χ0v) is 9.89. The highest BCUT2D eigenvalue weighted by atomic mass is 17.2. The van der Waals surface area contributed by atoms with Gasteiger partial charge in [-0.1, -0.05) is 18.2 Å². The quantitative estimate of drug-likeness (QED) is 0.555. The summed E-state index contributed by atoms with van der Waals surface area (Å²) in [5, 5.41) is 2.79. The third kappa shape index (κ3) is 6.01. The molecule has 0 unspecified atom stereocenters. The lowest BCUT2D eigenvalue weighted by Crippen LogP contribution is -2.27. The van der Waals surface area contributed by atoms with Gasteiger partial charge >= 0.3 is 0 Å². The molecule has 5 heteroatoms. The van der Waals surface area contributed by atoms with Crippen LogP contribution in [0.5, 0.6) is 0 Å². The predicted molar refractivity (Wildman–Crippen MR) is 65.2 cm³/mol. The number of carbonyl (C=O) groups is 1. The number of benzene rings is 1. The average molecular weight is 238 g/mol. The van der Waals surface area contributed by atoms with E-state index in [0.717, 1.165) is 5.69 Å². The number of rotatable bonds is 7. The van der Waals surface area contributed by atoms with Crippen molar-refractivity contribution in [2.45, 2.75) is 18.9 Å². The van der Waals surface area contributed by atoms with Crippen LogP contribution >= 0.6 is 0 Å². The first-order valence-electron chi connectivity index (χ1n) is 5.48. The van der Waals surface area contributed by atoms with Crippen LogP contribution in [0.3, 0.4) is 0 Å². The van der Waals surface area contributed by atoms with Crippen LogP contribution in [0.1, 0.15) is 12.8 Å². The number of hydrogen-bond donors (Lipinski definition) is 2. The fourth-order valence-corrected chi connectivity index (χ4v) is 1.30. The summed E-state index contributed by atoms with van der Waals surface area (Å²) in [7, 11) is 1.43. The minimum Gasteiger partial charge on any atom is -0.326 e. The molecular weight excluding hydrogens is 220 g/mol. The van der Waals surface area contributed by atoms with E-state index >= 15 is 0 Å². The number of carbonyl (C=O) groups excluding carboxylic acids is 1. The Morgan fingerprint density at radius 3 is 2.76 bits per heavy atom. The van der Waals surface area contributed by atoms with Gasteiger partial charge in [-0.05, 0) is 18.6 Å². The largest absolute Gasteiger partial charge is 0.326 e. The van der Waals surface area contributed by atoms with Gasteiger partial charge in [0.1, 0.15) is 0 Å². The highest BCUT2D eigenvalue weighted by molar-refractivity contribution is 5.90. The van der Waals surface area contributed by atoms with E-state index in [4.69, 9.17) is 5.73 Å². The summed E-state index contributed by atoms with van der Waals surface area (Å²) < 4.78 is 0. The van der Waals surface area contributed by atoms with Crippen LogP contribution in [0.2, 0.25) is 0 Å². The summed E-state index contributed by atoms with van der Waals surface area (Å²) in [5.41, 5.74) is 6.51. The first-order valence-corrected chi connectivity index (χ1v) is 5.48. The van der Waals surface area contributed by atoms with Gasteiger partial charge in [-0.3, -0.25) is 4.79 Å². The molecule has 0 aliphatic heterocycles. The molecule has 0 radical (unpaired) electrons. The van der Waals surface area contributed by atoms with Gasteiger partial charge < -0.3 is 11.1 Å². The van der Waals surface area contributed by atoms with Crippen LogP contribution in [-0.2, 0) is 14.6 Å². The molecule has 0 bridgehead atoms. The van der Waals surface area contributed by atoms with E-state index in [1.54, 1.807) is 0 Å². The lowest BCUT2D eigenvalue weighted by Gasteiger charge is -2.10. The molecule has 1 atom stereocenters. The molecule has 0 aliphatic rings. The Labute approximate surface area is 101 Å². The number of nitrogens with two attached hydrogens (primary N) is 1. The molecule has 5 nitrogen and oxygen atoms in total. The summed E-state index contributed by atoms with van der Waals surface area (Å²) in [4.78, 5) is 20.7. The summed E-state index contributed by atoms with van der Waals surface area (Å²) >= 11 is 0. The topological polar surface area (TPSA) is 73.6 Å². The maximum Gasteiger partial charge on any atom is 0.224 e. The van der Waals surface area contributed by atoms with E-state index in [1.807, 2.05) is 30.3 Å². The second-order valence-electron chi connectivity index (χ2n) is 3.66. The van der Waals surface area contributed by atoms with Crippen LogP contribution < -0.4 is 11.1 Å². The molecule has 1 amide bonds. The fraction of sp³-hybridized carbons (Fsp3) is 0.417. The first-order chi connectivity index (χ1) is 8.22. The molecule has 94 valence electrons. The fourth-order valence-electron chi connectivity index (χ4n) is 1.30. The molecule has 0 heterocycles. The molecule has 1 aromatic carbocycles. The molecule has 0 fully saturated rings. The zero-order chi connectivity index (χ0) is 12.5. The highest BCUT2D eigenvalue weighted by Crippen LogP contribution is 2.06. The molecule has 1 aromatic rings. The molecule has 17 heavy (non-hydrogen) atoms. The van der Waals surface area contributed by atoms with Crippen LogP contribution in [0.4, 0.5) is 5.69 Å². The Balaban J connectivity index is 2.21. The Morgan fingerprint density at radius 1 is 1.41 bits per heavy atom. The van der Waals surface area contributed by atoms with E-state index in [2.05, 4.69) is 15.1 Å². The summed E-state index contributed by atoms with van der Waals surface area (Å²) in [6.45, 7) is 0.287. The Morgan fingerprint density at radius 2 is 2.12 bits per heavy atom. The maximum atomic E-state index is 11.6. The molecule has 1 rings (SSSR count). The van der Waals surface area contributed by atoms with Crippen molar-refractivity contribution in [2.24, 2.45) is 5.73 Å². The molecule has 0 aliphatic carbocycles. The number of para-hydroxylation sites is 1. The van der Waals surface area contributed by atoms with E-state index < -0.39 is 0 Å². The molecule has 0 saturated heterocycles. The first kappa shape index (κ1) is 13.6. The van der Waals surface area contributed by atoms with Crippen molar-refractivity contribution in [2.75, 3.05) is 19.0 Å². The SMILES string of the molecule is COOC[C@@H](N)CCC(=O)Nc1ccccc1. The second kappa shape index (κ2) is 7.78. The van der Waals surface area contributed by atoms with Gasteiger partial charge in [-0.25, -0.2) is 9.78 Å². The molecule has 0 spiro atoms. The summed E-state index contributed by atoms with van der Waals surface area (Å²) in [6, 6.07) is 9.11. The Hall–Kier alpha value is -1.43. The normalized spacial score (nSPS) is 12.1. The van der Waals surface area contributed by atoms with Gasteiger partial charge in [0.15, 0.2) is 0 Å². The van der Waals surface area contributed by atoms with Crippen molar-refractivity contribution >= 4 is 11.6 Å². The van der Waals surface area contributed by atoms with Crippen molar-refractivity contribution in [3.05, 3.63) is 30.3 Å². The smallest absolute Gasteiger partial charge is 0.224 e. The Kier molecular flexibility index (Phi) is 6.24. The van der Waals surface area contributed by atoms with Crippen molar-refractivity contribution in [3.63, 3.8) is 0 Å². The Bertz CT molecular complexity index is 330. The van der Waals surface area contributed by atoms with Crippen molar-refractivity contribution in [1.82, 2.24) is 0 Å². The molecular formula is C12H18N2O3. The van der Waals surface area contributed by atoms with Crippen LogP contribution in [0.15, 0.2) is 30.3 Å². The van der Waals surface area contributed by atoms with E-state index in [0.29, 0.717) is 12.8 Å². The van der Waals surface area contributed by atoms with Crippen LogP contribution in [0, 0.1) is 0 Å². The minimum absolute atomic E-state index is 0.0518. The summed E-state index contributed by atoms with van der Waals surface area (Å²) in [5.74, 6) is -0.0518. The summed E-state index contributed by atoms with van der Waals surface area (Å²) in [6.07, 6.45) is 0.922. The van der Waals surface area contributed by atoms with E-state index in [-0.39, 0.29) is 18.6 Å². The number of nitrogens with one attached hydrogen (secondary N) is 1. The molecule has 0 saturated carbocycles. The van der Waals surface area contributed by atoms with Crippen LogP contribution in [-0.4, -0.2) is 25.7 Å². The molecule has 3 N–H and O–H groups in total. The van der Waals surface area contributed by atoms with E-state index in [1.165, 1.54) is 7.11 Å². The van der Waals surface area contributed by atoms with Crippen LogP contribution in [0.25, 0.3) is 0 Å². The maximum absolute atomic E-state index is 11.6. The van der Waals surface area contributed by atoms with Gasteiger partial charge in [-0.2, -0.15) is 0 Å². The van der Waals surface area contributed by atoms with Gasteiger partial charge in [0.25, 0.3) is 0 Å². The monoisotopic (exact) mass is 238 g/mol. The molecule has 0 aromatic heterocycles. The van der Waals surface area contributed by atoms with Gasteiger partial charge in [-0.15, -0.1) is 0 Å². The van der Waals surface area contributed by atoms with Crippen molar-refractivity contribution < 1.29 is 14.6 Å². The number of hydrogen-bond acceptors (Lipinski definition) is 4. The van der Waals surface area contributed by atoms with Gasteiger partial charge in [0.05, 0.1) is 13.7 Å². The number of amides is 1. The number of anilines is 1. The third-order valence-corrected chi connectivity index (χ3v) is 2.20. The van der Waals surface area contributed by atoms with E-state index in [9.17, 15) is 4.79 Å². The van der Waals surface area contributed by atoms with Crippen molar-refractivity contribution in [3.8, 4) is 0 Å². The van der Waals surface area contributed by atoms with Crippen molar-refractivity contribution in [1.29, 1.82) is 0 Å². The second-order valence-corrected chi connectivity index (χ2v) is 3.66. The van der Waals surface area contributed by atoms with Gasteiger partial charge in [0, 0.05) is 18.2 Å².